The van der Waals surface area contributed by atoms with E-state index in [9.17, 15) is 4.55 Å². The van der Waals surface area contributed by atoms with Crippen LogP contribution in [0.5, 0.6) is 0 Å². The minimum Gasteiger partial charge on any atom is -0.169 e. The molecule has 0 bridgehead atoms. The van der Waals surface area contributed by atoms with Crippen molar-refractivity contribution in [2.45, 2.75) is 82.4 Å². The maximum absolute atomic E-state index is 12.2. The highest BCUT2D eigenvalue weighted by Crippen LogP contribution is 2.50. The maximum Gasteiger partial charge on any atom is 0.0329 e. The number of thiol groups is 1. The van der Waals surface area contributed by atoms with Gasteiger partial charge < -0.3 is 0 Å². The van der Waals surface area contributed by atoms with Crippen molar-refractivity contribution < 1.29 is 4.55 Å². The fraction of sp³-hybridized carbons (Fsp3) is 0.462. The SMILES string of the molecule is CCCCCCCCCCCCc1ccc(-c2ccc3c(c2)[SH]([O])C=C3Br)cc1. The van der Waals surface area contributed by atoms with Crippen molar-refractivity contribution in [2.75, 3.05) is 0 Å². The Kier molecular flexibility index (Phi) is 9.36. The smallest absolute Gasteiger partial charge is 0.0329 e. The summed E-state index contributed by atoms with van der Waals surface area (Å²) in [5.74, 6) is 0. The molecule has 0 amide bonds. The molecule has 1 aliphatic rings. The van der Waals surface area contributed by atoms with E-state index in [0.29, 0.717) is 0 Å². The number of halogens is 1. The van der Waals surface area contributed by atoms with Gasteiger partial charge in [0.1, 0.15) is 0 Å². The number of aryl methyl sites for hydroxylation is 1. The third-order valence-electron chi connectivity index (χ3n) is 5.83. The van der Waals surface area contributed by atoms with Crippen LogP contribution >= 0.6 is 27.1 Å². The van der Waals surface area contributed by atoms with Gasteiger partial charge in [0.15, 0.2) is 0 Å². The Morgan fingerprint density at radius 3 is 2.00 bits per heavy atom. The van der Waals surface area contributed by atoms with Gasteiger partial charge in [0.05, 0.1) is 0 Å². The highest BCUT2D eigenvalue weighted by atomic mass is 79.9. The molecule has 1 nitrogen and oxygen atoms in total. The summed E-state index contributed by atoms with van der Waals surface area (Å²) in [5, 5.41) is 1.80. The molecule has 3 rings (SSSR count). The summed E-state index contributed by atoms with van der Waals surface area (Å²) >= 11 is 2.09. The van der Waals surface area contributed by atoms with Crippen molar-refractivity contribution in [3.8, 4) is 11.1 Å². The molecule has 1 atom stereocenters. The summed E-state index contributed by atoms with van der Waals surface area (Å²) in [4.78, 5) is 0.943. The molecule has 1 heterocycles. The molecule has 3 heteroatoms. The van der Waals surface area contributed by atoms with Crippen molar-refractivity contribution in [1.82, 2.24) is 0 Å². The average Bonchev–Trinajstić information content (AvgIpc) is 3.03. The zero-order chi connectivity index (χ0) is 20.5. The maximum atomic E-state index is 12.2. The van der Waals surface area contributed by atoms with Crippen LogP contribution in [0.3, 0.4) is 0 Å². The summed E-state index contributed by atoms with van der Waals surface area (Å²) < 4.78 is 13.2. The molecule has 2 aromatic rings. The van der Waals surface area contributed by atoms with Crippen LogP contribution in [0.4, 0.5) is 0 Å². The van der Waals surface area contributed by atoms with E-state index in [0.717, 1.165) is 20.5 Å². The lowest BCUT2D eigenvalue weighted by atomic mass is 10.00. The van der Waals surface area contributed by atoms with Gasteiger partial charge in [-0.05, 0) is 56.9 Å². The number of hydrogen-bond acceptors (Lipinski definition) is 0. The summed E-state index contributed by atoms with van der Waals surface area (Å²) in [6.07, 6.45) is 15.0. The first-order valence-corrected chi connectivity index (χ1v) is 13.4. The van der Waals surface area contributed by atoms with E-state index in [1.54, 1.807) is 5.41 Å². The largest absolute Gasteiger partial charge is 0.169 e. The summed E-state index contributed by atoms with van der Waals surface area (Å²) in [7, 11) is 0. The van der Waals surface area contributed by atoms with Crippen LogP contribution in [-0.4, -0.2) is 0 Å². The van der Waals surface area contributed by atoms with Crippen molar-refractivity contribution in [1.29, 1.82) is 0 Å². The molecule has 1 radical (unpaired) electrons. The number of rotatable bonds is 12. The summed E-state index contributed by atoms with van der Waals surface area (Å²) in [6, 6.07) is 15.2. The van der Waals surface area contributed by atoms with Gasteiger partial charge in [-0.1, -0.05) is 112 Å². The monoisotopic (exact) mass is 473 g/mol. The van der Waals surface area contributed by atoms with Crippen molar-refractivity contribution in [3.05, 3.63) is 59.0 Å². The Morgan fingerprint density at radius 1 is 0.759 bits per heavy atom. The molecule has 0 N–H and O–H groups in total. The van der Waals surface area contributed by atoms with Crippen LogP contribution in [-0.2, 0) is 11.0 Å². The zero-order valence-corrected chi connectivity index (χ0v) is 20.1. The molecule has 157 valence electrons. The van der Waals surface area contributed by atoms with E-state index in [-0.39, 0.29) is 0 Å². The first-order chi connectivity index (χ1) is 14.2. The third-order valence-corrected chi connectivity index (χ3v) is 8.18. The van der Waals surface area contributed by atoms with Gasteiger partial charge >= 0.3 is 0 Å². The van der Waals surface area contributed by atoms with Gasteiger partial charge in [-0.2, -0.15) is 4.55 Å². The second kappa shape index (κ2) is 12.0. The predicted octanol–water partition coefficient (Wildman–Crippen LogP) is 9.23. The Bertz CT molecular complexity index is 797. The number of hydrogen-bond donors (Lipinski definition) is 1. The van der Waals surface area contributed by atoms with E-state index in [1.165, 1.54) is 81.8 Å². The first-order valence-electron chi connectivity index (χ1n) is 11.3. The summed E-state index contributed by atoms with van der Waals surface area (Å²) in [6.45, 7) is 2.28. The number of benzene rings is 2. The van der Waals surface area contributed by atoms with Crippen molar-refractivity contribution in [2.24, 2.45) is 0 Å². The second-order valence-corrected chi connectivity index (χ2v) is 10.4. The van der Waals surface area contributed by atoms with Crippen LogP contribution in [0.2, 0.25) is 0 Å². The first kappa shape index (κ1) is 22.7. The Balaban J connectivity index is 1.38. The number of unbranched alkanes of at least 4 members (excludes halogenated alkanes) is 9. The van der Waals surface area contributed by atoms with Crippen LogP contribution in [0, 0.1) is 0 Å². The molecule has 1 unspecified atom stereocenters. The third kappa shape index (κ3) is 6.73. The fourth-order valence-electron chi connectivity index (χ4n) is 4.02. The van der Waals surface area contributed by atoms with Gasteiger partial charge in [-0.25, -0.2) is 0 Å². The van der Waals surface area contributed by atoms with E-state index >= 15 is 0 Å². The molecular formula is C26H34BrOS. The van der Waals surface area contributed by atoms with Gasteiger partial charge in [-0.15, -0.1) is 0 Å². The molecule has 0 saturated carbocycles. The van der Waals surface area contributed by atoms with Crippen LogP contribution in [0.25, 0.3) is 15.6 Å². The van der Waals surface area contributed by atoms with E-state index in [4.69, 9.17) is 0 Å². The van der Waals surface area contributed by atoms with E-state index in [1.807, 2.05) is 0 Å². The molecule has 0 fully saturated rings. The molecule has 0 spiro atoms. The van der Waals surface area contributed by atoms with Crippen molar-refractivity contribution in [3.63, 3.8) is 0 Å². The fourth-order valence-corrected chi connectivity index (χ4v) is 6.26. The lowest BCUT2D eigenvalue weighted by Crippen LogP contribution is -1.88. The predicted molar refractivity (Wildman–Crippen MR) is 132 cm³/mol. The molecule has 1 aliphatic heterocycles. The van der Waals surface area contributed by atoms with Crippen LogP contribution in [0.1, 0.15) is 82.3 Å². The molecule has 0 aromatic heterocycles. The van der Waals surface area contributed by atoms with Gasteiger partial charge in [0.2, 0.25) is 0 Å². The molecular weight excluding hydrogens is 440 g/mol. The van der Waals surface area contributed by atoms with Crippen LogP contribution < -0.4 is 0 Å². The Hall–Kier alpha value is -1.03. The molecule has 2 aromatic carbocycles. The average molecular weight is 475 g/mol. The molecule has 0 aliphatic carbocycles. The lowest BCUT2D eigenvalue weighted by molar-refractivity contribution is 0.523. The minimum absolute atomic E-state index is 0.943. The van der Waals surface area contributed by atoms with E-state index < -0.39 is 11.2 Å². The molecule has 29 heavy (non-hydrogen) atoms. The van der Waals surface area contributed by atoms with Gasteiger partial charge in [0, 0.05) is 14.9 Å². The minimum atomic E-state index is -1.41. The van der Waals surface area contributed by atoms with Gasteiger partial charge in [-0.3, -0.25) is 0 Å². The quantitative estimate of drug-likeness (QED) is 0.234. The number of fused-ring (bicyclic) bond motifs is 1. The zero-order valence-electron chi connectivity index (χ0n) is 17.6. The highest BCUT2D eigenvalue weighted by Gasteiger charge is 2.19. The summed E-state index contributed by atoms with van der Waals surface area (Å²) in [5.41, 5.74) is 4.83. The topological polar surface area (TPSA) is 19.9 Å². The van der Waals surface area contributed by atoms with E-state index in [2.05, 4.69) is 65.3 Å². The Morgan fingerprint density at radius 2 is 1.34 bits per heavy atom. The van der Waals surface area contributed by atoms with Crippen LogP contribution in [0.15, 0.2) is 52.8 Å². The van der Waals surface area contributed by atoms with Crippen molar-refractivity contribution >= 4 is 31.6 Å². The lowest BCUT2D eigenvalue weighted by Gasteiger charge is -2.09. The normalized spacial score (nSPS) is 16.7. The highest BCUT2D eigenvalue weighted by molar-refractivity contribution is 9.15. The second-order valence-electron chi connectivity index (χ2n) is 8.16. The standard InChI is InChI=1S/C26H34BrOS/c1-2-3-4-5-6-7-8-9-10-11-12-21-13-15-22(16-14-21)23-17-18-24-25(27)20-29(28)26(24)19-23/h13-20,29H,2-12H2,1H3. The molecule has 0 saturated heterocycles. The van der Waals surface area contributed by atoms with Gasteiger partial charge in [0.25, 0.3) is 0 Å². The Labute approximate surface area is 188 Å².